The SMILES string of the molecule is O=C(Nc1nnc(-c2cc(Cl)ccc2Cl)o1)c1ccc(S(=O)(=O)N2CCCc3ccccc32)cc1. The maximum Gasteiger partial charge on any atom is 0.322 e. The number of carbonyl (C=O) groups is 1. The Balaban J connectivity index is 1.33. The van der Waals surface area contributed by atoms with E-state index in [1.54, 1.807) is 18.2 Å². The molecule has 35 heavy (non-hydrogen) atoms. The second-order valence-corrected chi connectivity index (χ2v) is 10.5. The minimum Gasteiger partial charge on any atom is -0.403 e. The summed E-state index contributed by atoms with van der Waals surface area (Å²) < 4.78 is 33.5. The van der Waals surface area contributed by atoms with Gasteiger partial charge in [-0.15, -0.1) is 5.10 Å². The zero-order chi connectivity index (χ0) is 24.6. The Morgan fingerprint density at radius 1 is 1.00 bits per heavy atom. The van der Waals surface area contributed by atoms with E-state index in [4.69, 9.17) is 27.6 Å². The normalized spacial score (nSPS) is 13.4. The lowest BCUT2D eigenvalue weighted by atomic mass is 10.0. The number of benzene rings is 3. The molecule has 0 spiro atoms. The van der Waals surface area contributed by atoms with Crippen LogP contribution >= 0.6 is 23.2 Å². The van der Waals surface area contributed by atoms with Crippen LogP contribution < -0.4 is 9.62 Å². The van der Waals surface area contributed by atoms with Crippen LogP contribution in [0.1, 0.15) is 22.3 Å². The lowest BCUT2D eigenvalue weighted by molar-refractivity contribution is 0.102. The summed E-state index contributed by atoms with van der Waals surface area (Å²) in [6.45, 7) is 0.401. The molecule has 1 N–H and O–H groups in total. The first-order valence-electron chi connectivity index (χ1n) is 10.6. The third kappa shape index (κ3) is 4.62. The number of anilines is 2. The van der Waals surface area contributed by atoms with Crippen molar-refractivity contribution in [1.82, 2.24) is 10.2 Å². The number of carbonyl (C=O) groups excluding carboxylic acids is 1. The third-order valence-electron chi connectivity index (χ3n) is 5.58. The van der Waals surface area contributed by atoms with Gasteiger partial charge < -0.3 is 4.42 Å². The molecule has 0 saturated carbocycles. The van der Waals surface area contributed by atoms with Crippen LogP contribution in [0.15, 0.2) is 76.0 Å². The number of aryl methyl sites for hydroxylation is 1. The van der Waals surface area contributed by atoms with E-state index in [2.05, 4.69) is 15.5 Å². The number of para-hydroxylation sites is 1. The van der Waals surface area contributed by atoms with Crippen LogP contribution in [0.25, 0.3) is 11.5 Å². The molecule has 0 unspecified atom stereocenters. The number of fused-ring (bicyclic) bond motifs is 1. The van der Waals surface area contributed by atoms with Gasteiger partial charge in [0.2, 0.25) is 0 Å². The van der Waals surface area contributed by atoms with Gasteiger partial charge in [-0.25, -0.2) is 8.42 Å². The van der Waals surface area contributed by atoms with Gasteiger partial charge in [0.25, 0.3) is 21.8 Å². The van der Waals surface area contributed by atoms with E-state index in [-0.39, 0.29) is 22.4 Å². The van der Waals surface area contributed by atoms with E-state index < -0.39 is 15.9 Å². The summed E-state index contributed by atoms with van der Waals surface area (Å²) in [6, 6.07) is 17.8. The molecular weight excluding hydrogens is 511 g/mol. The average molecular weight is 529 g/mol. The van der Waals surface area contributed by atoms with E-state index in [1.807, 2.05) is 24.3 Å². The van der Waals surface area contributed by atoms with Gasteiger partial charge in [-0.05, 0) is 66.9 Å². The fourth-order valence-corrected chi connectivity index (χ4v) is 5.78. The quantitative estimate of drug-likeness (QED) is 0.369. The van der Waals surface area contributed by atoms with E-state index in [1.165, 1.54) is 28.6 Å². The number of nitrogens with zero attached hydrogens (tertiary/aromatic N) is 3. The van der Waals surface area contributed by atoms with Crippen LogP contribution in [0.4, 0.5) is 11.7 Å². The molecule has 5 rings (SSSR count). The molecule has 1 aromatic heterocycles. The van der Waals surface area contributed by atoms with Gasteiger partial charge in [0, 0.05) is 17.1 Å². The summed E-state index contributed by atoms with van der Waals surface area (Å²) >= 11 is 12.1. The van der Waals surface area contributed by atoms with Crippen molar-refractivity contribution >= 4 is 50.8 Å². The molecule has 1 aliphatic heterocycles. The summed E-state index contributed by atoms with van der Waals surface area (Å²) in [5, 5.41) is 11.0. The van der Waals surface area contributed by atoms with E-state index in [9.17, 15) is 13.2 Å². The van der Waals surface area contributed by atoms with Gasteiger partial charge in [0.05, 0.1) is 21.2 Å². The molecule has 0 atom stereocenters. The van der Waals surface area contributed by atoms with Crippen molar-refractivity contribution < 1.29 is 17.6 Å². The second kappa shape index (κ2) is 9.33. The zero-order valence-corrected chi connectivity index (χ0v) is 20.4. The van der Waals surface area contributed by atoms with Gasteiger partial charge >= 0.3 is 6.01 Å². The van der Waals surface area contributed by atoms with Gasteiger partial charge in [-0.1, -0.05) is 46.5 Å². The monoisotopic (exact) mass is 528 g/mol. The molecule has 1 aliphatic rings. The Labute approximate surface area is 211 Å². The summed E-state index contributed by atoms with van der Waals surface area (Å²) in [5.41, 5.74) is 2.34. The summed E-state index contributed by atoms with van der Waals surface area (Å²) in [4.78, 5) is 12.8. The highest BCUT2D eigenvalue weighted by atomic mass is 35.5. The largest absolute Gasteiger partial charge is 0.403 e. The predicted octanol–water partition coefficient (Wildman–Crippen LogP) is 5.44. The molecule has 0 saturated heterocycles. The van der Waals surface area contributed by atoms with Gasteiger partial charge in [0.15, 0.2) is 0 Å². The molecule has 2 heterocycles. The van der Waals surface area contributed by atoms with Crippen LogP contribution in [0.5, 0.6) is 0 Å². The predicted molar refractivity (Wildman–Crippen MR) is 133 cm³/mol. The van der Waals surface area contributed by atoms with E-state index in [0.717, 1.165) is 18.4 Å². The maximum absolute atomic E-state index is 13.3. The highest BCUT2D eigenvalue weighted by Gasteiger charge is 2.29. The number of halogens is 2. The van der Waals surface area contributed by atoms with Gasteiger partial charge in [-0.2, -0.15) is 0 Å². The summed E-state index contributed by atoms with van der Waals surface area (Å²) in [6.07, 6.45) is 1.57. The van der Waals surface area contributed by atoms with E-state index in [0.29, 0.717) is 27.8 Å². The summed E-state index contributed by atoms with van der Waals surface area (Å²) in [7, 11) is -3.77. The van der Waals surface area contributed by atoms with Crippen molar-refractivity contribution in [2.75, 3.05) is 16.2 Å². The lowest BCUT2D eigenvalue weighted by Gasteiger charge is -2.30. The Kier molecular flexibility index (Phi) is 6.22. The second-order valence-electron chi connectivity index (χ2n) is 7.82. The Bertz CT molecular complexity index is 1520. The topological polar surface area (TPSA) is 105 Å². The number of nitrogens with one attached hydrogen (secondary N) is 1. The van der Waals surface area contributed by atoms with Crippen LogP contribution in [0, 0.1) is 0 Å². The third-order valence-corrected chi connectivity index (χ3v) is 7.97. The number of aromatic nitrogens is 2. The van der Waals surface area contributed by atoms with E-state index >= 15 is 0 Å². The van der Waals surface area contributed by atoms with Crippen molar-refractivity contribution in [2.45, 2.75) is 17.7 Å². The first kappa shape index (κ1) is 23.3. The van der Waals surface area contributed by atoms with Crippen molar-refractivity contribution in [3.63, 3.8) is 0 Å². The molecule has 11 heteroatoms. The average Bonchev–Trinajstić information content (AvgIpc) is 3.33. The van der Waals surface area contributed by atoms with Crippen molar-refractivity contribution in [1.29, 1.82) is 0 Å². The Morgan fingerprint density at radius 3 is 2.57 bits per heavy atom. The molecule has 1 amide bonds. The number of rotatable bonds is 5. The zero-order valence-electron chi connectivity index (χ0n) is 18.1. The van der Waals surface area contributed by atoms with Crippen LogP contribution in [-0.4, -0.2) is 31.1 Å². The molecule has 0 aliphatic carbocycles. The summed E-state index contributed by atoms with van der Waals surface area (Å²) in [5.74, 6) is -0.444. The highest BCUT2D eigenvalue weighted by Crippen LogP contribution is 2.32. The minimum atomic E-state index is -3.77. The first-order chi connectivity index (χ1) is 16.8. The number of hydrogen-bond acceptors (Lipinski definition) is 6. The standard InChI is InChI=1S/C24H18Cl2N4O4S/c25-17-9-12-20(26)19(14-17)23-28-29-24(34-23)27-22(31)16-7-10-18(11-8-16)35(32,33)30-13-3-5-15-4-1-2-6-21(15)30/h1-2,4,6-12,14H,3,5,13H2,(H,27,29,31). The lowest BCUT2D eigenvalue weighted by Crippen LogP contribution is -2.35. The molecule has 4 aromatic rings. The molecule has 8 nitrogen and oxygen atoms in total. The number of sulfonamides is 1. The van der Waals surface area contributed by atoms with Crippen molar-refractivity contribution in [3.05, 3.63) is 87.9 Å². The van der Waals surface area contributed by atoms with Crippen LogP contribution in [0.3, 0.4) is 0 Å². The fraction of sp³-hybridized carbons (Fsp3) is 0.125. The van der Waals surface area contributed by atoms with Crippen LogP contribution in [0.2, 0.25) is 10.0 Å². The molecule has 3 aromatic carbocycles. The molecule has 0 bridgehead atoms. The number of hydrogen-bond donors (Lipinski definition) is 1. The highest BCUT2D eigenvalue weighted by molar-refractivity contribution is 7.92. The molecular formula is C24H18Cl2N4O4S. The molecule has 0 fully saturated rings. The first-order valence-corrected chi connectivity index (χ1v) is 12.8. The fourth-order valence-electron chi connectivity index (χ4n) is 3.87. The van der Waals surface area contributed by atoms with Gasteiger partial charge in [0.1, 0.15) is 0 Å². The van der Waals surface area contributed by atoms with Crippen molar-refractivity contribution in [2.24, 2.45) is 0 Å². The van der Waals surface area contributed by atoms with Gasteiger partial charge in [-0.3, -0.25) is 14.4 Å². The molecule has 178 valence electrons. The minimum absolute atomic E-state index is 0.0936. The Morgan fingerprint density at radius 2 is 1.77 bits per heavy atom. The number of amides is 1. The van der Waals surface area contributed by atoms with Crippen LogP contribution in [-0.2, 0) is 16.4 Å². The maximum atomic E-state index is 13.3. The molecule has 0 radical (unpaired) electrons. The Hall–Kier alpha value is -3.40. The smallest absolute Gasteiger partial charge is 0.322 e. The van der Waals surface area contributed by atoms with Crippen molar-refractivity contribution in [3.8, 4) is 11.5 Å².